The zero-order valence-corrected chi connectivity index (χ0v) is 9.67. The smallest absolute Gasteiger partial charge is 0.0636 e. The summed E-state index contributed by atoms with van der Waals surface area (Å²) in [7, 11) is 0. The second-order valence-corrected chi connectivity index (χ2v) is 4.66. The molecule has 0 saturated carbocycles. The van der Waals surface area contributed by atoms with Crippen LogP contribution < -0.4 is 5.32 Å². The van der Waals surface area contributed by atoms with Crippen LogP contribution in [0.25, 0.3) is 0 Å². The molecular formula is C11H25NO. The first kappa shape index (κ1) is 12.9. The zero-order valence-electron chi connectivity index (χ0n) is 9.67. The van der Waals surface area contributed by atoms with Gasteiger partial charge in [-0.3, -0.25) is 0 Å². The third-order valence-corrected chi connectivity index (χ3v) is 2.53. The third kappa shape index (κ3) is 6.05. The van der Waals surface area contributed by atoms with Crippen molar-refractivity contribution in [1.82, 2.24) is 5.32 Å². The molecule has 1 atom stereocenters. The van der Waals surface area contributed by atoms with Gasteiger partial charge in [-0.25, -0.2) is 0 Å². The van der Waals surface area contributed by atoms with Crippen molar-refractivity contribution in [3.05, 3.63) is 0 Å². The molecule has 0 spiro atoms. The van der Waals surface area contributed by atoms with Crippen LogP contribution in [0.5, 0.6) is 0 Å². The van der Waals surface area contributed by atoms with Crippen LogP contribution in [0.4, 0.5) is 0 Å². The summed E-state index contributed by atoms with van der Waals surface area (Å²) in [5, 5.41) is 12.4. The number of hydrogen-bond acceptors (Lipinski definition) is 2. The van der Waals surface area contributed by atoms with Crippen LogP contribution >= 0.6 is 0 Å². The highest BCUT2D eigenvalue weighted by Crippen LogP contribution is 2.19. The predicted molar refractivity (Wildman–Crippen MR) is 57.7 cm³/mol. The minimum Gasteiger partial charge on any atom is -0.392 e. The predicted octanol–water partition coefficient (Wildman–Crippen LogP) is 1.88. The Kier molecular flexibility index (Phi) is 6.35. The highest BCUT2D eigenvalue weighted by atomic mass is 16.3. The Balaban J connectivity index is 3.70. The van der Waals surface area contributed by atoms with Crippen molar-refractivity contribution in [3.63, 3.8) is 0 Å². The molecule has 0 fully saturated rings. The summed E-state index contributed by atoms with van der Waals surface area (Å²) in [5.41, 5.74) is 0. The van der Waals surface area contributed by atoms with Gasteiger partial charge in [0, 0.05) is 6.54 Å². The van der Waals surface area contributed by atoms with E-state index in [1.165, 1.54) is 0 Å². The number of nitrogens with one attached hydrogen (secondary N) is 1. The van der Waals surface area contributed by atoms with Gasteiger partial charge in [-0.15, -0.1) is 0 Å². The quantitative estimate of drug-likeness (QED) is 0.665. The summed E-state index contributed by atoms with van der Waals surface area (Å²) >= 11 is 0. The Bertz CT molecular complexity index is 113. The lowest BCUT2D eigenvalue weighted by Gasteiger charge is -2.25. The molecule has 2 heteroatoms. The van der Waals surface area contributed by atoms with Gasteiger partial charge in [-0.05, 0) is 31.2 Å². The Morgan fingerprint density at radius 2 is 1.38 bits per heavy atom. The molecule has 0 bridgehead atoms. The summed E-state index contributed by atoms with van der Waals surface area (Å²) in [6, 6.07) is 0. The molecule has 0 saturated heterocycles. The summed E-state index contributed by atoms with van der Waals surface area (Å²) in [4.78, 5) is 0. The first-order valence-electron chi connectivity index (χ1n) is 5.34. The topological polar surface area (TPSA) is 32.3 Å². The van der Waals surface area contributed by atoms with Gasteiger partial charge >= 0.3 is 0 Å². The number of rotatable bonds is 6. The Morgan fingerprint density at radius 1 is 0.923 bits per heavy atom. The fourth-order valence-electron chi connectivity index (χ4n) is 1.70. The lowest BCUT2D eigenvalue weighted by atomic mass is 9.85. The van der Waals surface area contributed by atoms with Gasteiger partial charge in [0.2, 0.25) is 0 Å². The molecule has 0 unspecified atom stereocenters. The summed E-state index contributed by atoms with van der Waals surface area (Å²) in [6.07, 6.45) is -0.236. The van der Waals surface area contributed by atoms with Crippen LogP contribution in [-0.4, -0.2) is 24.3 Å². The first-order valence-corrected chi connectivity index (χ1v) is 5.34. The summed E-state index contributed by atoms with van der Waals surface area (Å²) < 4.78 is 0. The van der Waals surface area contributed by atoms with Crippen molar-refractivity contribution in [1.29, 1.82) is 0 Å². The van der Waals surface area contributed by atoms with E-state index in [0.717, 1.165) is 6.54 Å². The maximum absolute atomic E-state index is 9.08. The maximum Gasteiger partial charge on any atom is 0.0636 e. The molecule has 0 amide bonds. The molecule has 0 aliphatic rings. The summed E-state index contributed by atoms with van der Waals surface area (Å²) in [6.45, 7) is 12.6. The van der Waals surface area contributed by atoms with E-state index in [9.17, 15) is 0 Å². The largest absolute Gasteiger partial charge is 0.392 e. The van der Waals surface area contributed by atoms with Gasteiger partial charge in [0.15, 0.2) is 0 Å². The van der Waals surface area contributed by atoms with Crippen molar-refractivity contribution < 1.29 is 5.11 Å². The van der Waals surface area contributed by atoms with Crippen molar-refractivity contribution in [2.45, 2.75) is 40.7 Å². The minimum atomic E-state index is -0.236. The van der Waals surface area contributed by atoms with Gasteiger partial charge in [0.25, 0.3) is 0 Å². The Morgan fingerprint density at radius 3 is 1.69 bits per heavy atom. The Labute approximate surface area is 82.7 Å². The summed E-state index contributed by atoms with van der Waals surface area (Å²) in [5.74, 6) is 2.13. The molecule has 13 heavy (non-hydrogen) atoms. The van der Waals surface area contributed by atoms with Crippen LogP contribution in [-0.2, 0) is 0 Å². The van der Waals surface area contributed by atoms with E-state index in [4.69, 9.17) is 5.11 Å². The molecule has 0 aromatic heterocycles. The fourth-order valence-corrected chi connectivity index (χ4v) is 1.70. The lowest BCUT2D eigenvalue weighted by molar-refractivity contribution is 0.182. The SMILES string of the molecule is CC(C)C(CNC[C@@H](C)O)C(C)C. The standard InChI is InChI=1S/C11H25NO/c1-8(2)11(9(3)4)7-12-6-10(5)13/h8-13H,6-7H2,1-5H3/t10-/m1/s1. The van der Waals surface area contributed by atoms with E-state index in [0.29, 0.717) is 24.3 Å². The molecule has 0 rings (SSSR count). The van der Waals surface area contributed by atoms with Crippen LogP contribution in [0.3, 0.4) is 0 Å². The van der Waals surface area contributed by atoms with Crippen molar-refractivity contribution in [2.75, 3.05) is 13.1 Å². The van der Waals surface area contributed by atoms with E-state index < -0.39 is 0 Å². The van der Waals surface area contributed by atoms with Gasteiger partial charge in [0.1, 0.15) is 0 Å². The average molecular weight is 187 g/mol. The highest BCUT2D eigenvalue weighted by Gasteiger charge is 2.16. The molecule has 2 N–H and O–H groups in total. The second-order valence-electron chi connectivity index (χ2n) is 4.66. The van der Waals surface area contributed by atoms with Crippen molar-refractivity contribution >= 4 is 0 Å². The van der Waals surface area contributed by atoms with Gasteiger partial charge < -0.3 is 10.4 Å². The number of hydrogen-bond donors (Lipinski definition) is 2. The van der Waals surface area contributed by atoms with Gasteiger partial charge in [0.05, 0.1) is 6.10 Å². The van der Waals surface area contributed by atoms with Crippen LogP contribution in [0.15, 0.2) is 0 Å². The first-order chi connectivity index (χ1) is 5.95. The van der Waals surface area contributed by atoms with E-state index >= 15 is 0 Å². The maximum atomic E-state index is 9.08. The number of aliphatic hydroxyl groups excluding tert-OH is 1. The van der Waals surface area contributed by atoms with E-state index in [-0.39, 0.29) is 6.10 Å². The molecule has 0 aromatic rings. The minimum absolute atomic E-state index is 0.236. The highest BCUT2D eigenvalue weighted by molar-refractivity contribution is 4.69. The van der Waals surface area contributed by atoms with Crippen molar-refractivity contribution in [2.24, 2.45) is 17.8 Å². The van der Waals surface area contributed by atoms with Crippen LogP contribution in [0, 0.1) is 17.8 Å². The third-order valence-electron chi connectivity index (χ3n) is 2.53. The molecule has 0 aromatic carbocycles. The van der Waals surface area contributed by atoms with Gasteiger partial charge in [-0.2, -0.15) is 0 Å². The second kappa shape index (κ2) is 6.39. The van der Waals surface area contributed by atoms with E-state index in [2.05, 4.69) is 33.0 Å². The van der Waals surface area contributed by atoms with Crippen LogP contribution in [0.2, 0.25) is 0 Å². The fraction of sp³-hybridized carbons (Fsp3) is 1.00. The lowest BCUT2D eigenvalue weighted by Crippen LogP contribution is -2.33. The molecule has 0 radical (unpaired) electrons. The van der Waals surface area contributed by atoms with E-state index in [1.54, 1.807) is 0 Å². The molecule has 0 aliphatic heterocycles. The van der Waals surface area contributed by atoms with Crippen LogP contribution in [0.1, 0.15) is 34.6 Å². The van der Waals surface area contributed by atoms with E-state index in [1.807, 2.05) is 6.92 Å². The monoisotopic (exact) mass is 187 g/mol. The molecule has 80 valence electrons. The van der Waals surface area contributed by atoms with Crippen molar-refractivity contribution in [3.8, 4) is 0 Å². The molecular weight excluding hydrogens is 162 g/mol. The van der Waals surface area contributed by atoms with Gasteiger partial charge in [-0.1, -0.05) is 27.7 Å². The molecule has 0 heterocycles. The number of aliphatic hydroxyl groups is 1. The Hall–Kier alpha value is -0.0800. The molecule has 0 aliphatic carbocycles. The average Bonchev–Trinajstić information content (AvgIpc) is 1.95. The zero-order chi connectivity index (χ0) is 10.4. The molecule has 2 nitrogen and oxygen atoms in total. The normalized spacial score (nSPS) is 14.5.